The maximum atomic E-state index is 11.0. The second-order valence-electron chi connectivity index (χ2n) is 2.49. The fourth-order valence-electron chi connectivity index (χ4n) is 1.04. The first kappa shape index (κ1) is 8.77. The normalized spacial score (nSPS) is 9.92. The van der Waals surface area contributed by atoms with Crippen molar-refractivity contribution in [3.05, 3.63) is 17.5 Å². The lowest BCUT2D eigenvalue weighted by molar-refractivity contribution is 0.0593. The van der Waals surface area contributed by atoms with Crippen molar-refractivity contribution in [3.63, 3.8) is 0 Å². The van der Waals surface area contributed by atoms with E-state index in [1.54, 1.807) is 10.7 Å². The molecule has 0 N–H and O–H groups in total. The molecule has 1 heterocycles. The Bertz CT molecular complexity index is 291. The van der Waals surface area contributed by atoms with Crippen molar-refractivity contribution >= 4 is 5.97 Å². The molecule has 0 radical (unpaired) electrons. The van der Waals surface area contributed by atoms with Gasteiger partial charge in [0.2, 0.25) is 0 Å². The van der Waals surface area contributed by atoms with Crippen molar-refractivity contribution in [2.24, 2.45) is 7.05 Å². The predicted octanol–water partition coefficient (Wildman–Crippen LogP) is 0.769. The summed E-state index contributed by atoms with van der Waals surface area (Å²) in [5, 5.41) is 3.99. The number of carbonyl (C=O) groups is 1. The standard InChI is InChI=1S/C8H12N2O2/c1-4-6-5-7(8(11)12-3)9-10(6)2/h5H,4H2,1-3H3. The molecule has 0 bridgehead atoms. The summed E-state index contributed by atoms with van der Waals surface area (Å²) >= 11 is 0. The van der Waals surface area contributed by atoms with Gasteiger partial charge in [-0.1, -0.05) is 6.92 Å². The number of nitrogens with zero attached hydrogens (tertiary/aromatic N) is 2. The second-order valence-corrected chi connectivity index (χ2v) is 2.49. The van der Waals surface area contributed by atoms with Gasteiger partial charge in [0, 0.05) is 12.7 Å². The molecule has 4 heteroatoms. The van der Waals surface area contributed by atoms with Crippen LogP contribution in [-0.2, 0) is 18.2 Å². The first-order valence-corrected chi connectivity index (χ1v) is 3.80. The zero-order valence-electron chi connectivity index (χ0n) is 7.50. The van der Waals surface area contributed by atoms with Gasteiger partial charge in [-0.3, -0.25) is 4.68 Å². The van der Waals surface area contributed by atoms with Crippen molar-refractivity contribution in [2.75, 3.05) is 7.11 Å². The molecule has 4 nitrogen and oxygen atoms in total. The van der Waals surface area contributed by atoms with Crippen LogP contribution < -0.4 is 0 Å². The van der Waals surface area contributed by atoms with Crippen molar-refractivity contribution in [3.8, 4) is 0 Å². The van der Waals surface area contributed by atoms with Crippen LogP contribution in [0.5, 0.6) is 0 Å². The molecule has 0 amide bonds. The molecule has 0 unspecified atom stereocenters. The van der Waals surface area contributed by atoms with Crippen LogP contribution in [0.15, 0.2) is 6.07 Å². The Morgan fingerprint density at radius 1 is 1.75 bits per heavy atom. The molecular weight excluding hydrogens is 156 g/mol. The zero-order chi connectivity index (χ0) is 9.14. The van der Waals surface area contributed by atoms with Gasteiger partial charge in [0.25, 0.3) is 0 Å². The number of ether oxygens (including phenoxy) is 1. The van der Waals surface area contributed by atoms with Gasteiger partial charge in [0.15, 0.2) is 5.69 Å². The van der Waals surface area contributed by atoms with E-state index < -0.39 is 0 Å². The Morgan fingerprint density at radius 2 is 2.42 bits per heavy atom. The van der Waals surface area contributed by atoms with Crippen LogP contribution in [0.1, 0.15) is 23.1 Å². The Labute approximate surface area is 71.1 Å². The highest BCUT2D eigenvalue weighted by molar-refractivity contribution is 5.87. The Hall–Kier alpha value is -1.32. The summed E-state index contributed by atoms with van der Waals surface area (Å²) in [6.07, 6.45) is 0.862. The Balaban J connectivity index is 2.96. The summed E-state index contributed by atoms with van der Waals surface area (Å²) in [6.45, 7) is 2.01. The number of aryl methyl sites for hydroxylation is 2. The van der Waals surface area contributed by atoms with Crippen molar-refractivity contribution in [1.29, 1.82) is 0 Å². The van der Waals surface area contributed by atoms with Crippen LogP contribution in [0, 0.1) is 0 Å². The molecule has 66 valence electrons. The van der Waals surface area contributed by atoms with Gasteiger partial charge in [-0.25, -0.2) is 4.79 Å². The highest BCUT2D eigenvalue weighted by atomic mass is 16.5. The second kappa shape index (κ2) is 3.38. The number of hydrogen-bond donors (Lipinski definition) is 0. The van der Waals surface area contributed by atoms with E-state index in [0.717, 1.165) is 12.1 Å². The van der Waals surface area contributed by atoms with Gasteiger partial charge in [-0.2, -0.15) is 5.10 Å². The van der Waals surface area contributed by atoms with E-state index in [1.807, 2.05) is 14.0 Å². The van der Waals surface area contributed by atoms with Gasteiger partial charge in [0.1, 0.15) is 0 Å². The zero-order valence-corrected chi connectivity index (χ0v) is 7.50. The molecule has 0 saturated heterocycles. The number of carbonyl (C=O) groups excluding carboxylic acids is 1. The van der Waals surface area contributed by atoms with E-state index in [1.165, 1.54) is 7.11 Å². The number of hydrogen-bond acceptors (Lipinski definition) is 3. The van der Waals surface area contributed by atoms with Crippen LogP contribution in [-0.4, -0.2) is 22.9 Å². The smallest absolute Gasteiger partial charge is 0.358 e. The average molecular weight is 168 g/mol. The summed E-state index contributed by atoms with van der Waals surface area (Å²) in [5.41, 5.74) is 1.40. The maximum Gasteiger partial charge on any atom is 0.358 e. The molecule has 1 aromatic heterocycles. The van der Waals surface area contributed by atoms with E-state index in [0.29, 0.717) is 5.69 Å². The van der Waals surface area contributed by atoms with E-state index in [-0.39, 0.29) is 5.97 Å². The summed E-state index contributed by atoms with van der Waals surface area (Å²) < 4.78 is 6.22. The lowest BCUT2D eigenvalue weighted by Gasteiger charge is -1.93. The molecule has 0 fully saturated rings. The van der Waals surface area contributed by atoms with Gasteiger partial charge in [-0.15, -0.1) is 0 Å². The van der Waals surface area contributed by atoms with Crippen molar-refractivity contribution < 1.29 is 9.53 Å². The van der Waals surface area contributed by atoms with E-state index in [9.17, 15) is 4.79 Å². The van der Waals surface area contributed by atoms with Crippen LogP contribution in [0.4, 0.5) is 0 Å². The minimum atomic E-state index is -0.384. The Kier molecular flexibility index (Phi) is 2.47. The lowest BCUT2D eigenvalue weighted by atomic mass is 10.3. The van der Waals surface area contributed by atoms with Crippen LogP contribution >= 0.6 is 0 Å². The number of methoxy groups -OCH3 is 1. The van der Waals surface area contributed by atoms with E-state index >= 15 is 0 Å². The van der Waals surface area contributed by atoms with Gasteiger partial charge < -0.3 is 4.74 Å². The first-order valence-electron chi connectivity index (χ1n) is 3.80. The Morgan fingerprint density at radius 3 is 2.83 bits per heavy atom. The highest BCUT2D eigenvalue weighted by Gasteiger charge is 2.10. The van der Waals surface area contributed by atoms with Crippen LogP contribution in [0.2, 0.25) is 0 Å². The molecule has 0 spiro atoms. The number of aromatic nitrogens is 2. The summed E-state index contributed by atoms with van der Waals surface area (Å²) in [6, 6.07) is 1.74. The van der Waals surface area contributed by atoms with Gasteiger partial charge >= 0.3 is 5.97 Å². The summed E-state index contributed by atoms with van der Waals surface area (Å²) in [5.74, 6) is -0.384. The molecule has 12 heavy (non-hydrogen) atoms. The lowest BCUT2D eigenvalue weighted by Crippen LogP contribution is -2.03. The third-order valence-electron chi connectivity index (χ3n) is 1.73. The third kappa shape index (κ3) is 1.47. The monoisotopic (exact) mass is 168 g/mol. The molecule has 0 saturated carbocycles. The van der Waals surface area contributed by atoms with Crippen LogP contribution in [0.25, 0.3) is 0 Å². The van der Waals surface area contributed by atoms with Crippen LogP contribution in [0.3, 0.4) is 0 Å². The topological polar surface area (TPSA) is 44.1 Å². The average Bonchev–Trinajstić information content (AvgIpc) is 2.45. The SMILES string of the molecule is CCc1cc(C(=O)OC)nn1C. The molecular formula is C8H12N2O2. The van der Waals surface area contributed by atoms with Crippen molar-refractivity contribution in [2.45, 2.75) is 13.3 Å². The molecule has 0 aliphatic carbocycles. The van der Waals surface area contributed by atoms with E-state index in [2.05, 4.69) is 9.84 Å². The minimum absolute atomic E-state index is 0.372. The summed E-state index contributed by atoms with van der Waals surface area (Å²) in [4.78, 5) is 11.0. The van der Waals surface area contributed by atoms with Gasteiger partial charge in [0.05, 0.1) is 7.11 Å². The molecule has 0 aromatic carbocycles. The molecule has 1 rings (SSSR count). The summed E-state index contributed by atoms with van der Waals surface area (Å²) in [7, 11) is 3.16. The predicted molar refractivity (Wildman–Crippen MR) is 43.9 cm³/mol. The fraction of sp³-hybridized carbons (Fsp3) is 0.500. The number of esters is 1. The maximum absolute atomic E-state index is 11.0. The fourth-order valence-corrected chi connectivity index (χ4v) is 1.04. The van der Waals surface area contributed by atoms with Gasteiger partial charge in [-0.05, 0) is 12.5 Å². The molecule has 1 aromatic rings. The third-order valence-corrected chi connectivity index (χ3v) is 1.73. The van der Waals surface area contributed by atoms with Crippen molar-refractivity contribution in [1.82, 2.24) is 9.78 Å². The highest BCUT2D eigenvalue weighted by Crippen LogP contribution is 2.04. The molecule has 0 atom stereocenters. The number of rotatable bonds is 2. The molecule has 0 aliphatic rings. The minimum Gasteiger partial charge on any atom is -0.464 e. The molecule has 0 aliphatic heterocycles. The largest absolute Gasteiger partial charge is 0.464 e. The first-order chi connectivity index (χ1) is 5.69. The quantitative estimate of drug-likeness (QED) is 0.612. The van der Waals surface area contributed by atoms with E-state index in [4.69, 9.17) is 0 Å².